The Morgan fingerprint density at radius 3 is 2.06 bits per heavy atom. The molecule has 31 heavy (non-hydrogen) atoms. The zero-order chi connectivity index (χ0) is 23.0. The maximum Gasteiger partial charge on any atom is 0.341 e. The Hall–Kier alpha value is -4.28. The lowest BCUT2D eigenvalue weighted by molar-refractivity contribution is -0.140. The lowest BCUT2D eigenvalue weighted by Gasteiger charge is -2.23. The van der Waals surface area contributed by atoms with Crippen LogP contribution in [0.15, 0.2) is 42.5 Å². The third kappa shape index (κ3) is 6.63. The highest BCUT2D eigenvalue weighted by Gasteiger charge is 2.20. The van der Waals surface area contributed by atoms with Gasteiger partial charge in [0, 0.05) is 18.1 Å². The summed E-state index contributed by atoms with van der Waals surface area (Å²) < 4.78 is 10.3. The summed E-state index contributed by atoms with van der Waals surface area (Å²) in [7, 11) is 0. The van der Waals surface area contributed by atoms with E-state index in [-0.39, 0.29) is 35.2 Å². The van der Waals surface area contributed by atoms with E-state index >= 15 is 0 Å². The maximum absolute atomic E-state index is 12.5. The molecule has 2 aromatic carbocycles. The van der Waals surface area contributed by atoms with E-state index in [9.17, 15) is 14.4 Å². The summed E-state index contributed by atoms with van der Waals surface area (Å²) in [6, 6.07) is 10.2. The molecule has 0 atom stereocenters. The second-order valence-corrected chi connectivity index (χ2v) is 6.07. The highest BCUT2D eigenvalue weighted by Crippen LogP contribution is 2.33. The van der Waals surface area contributed by atoms with Crippen molar-refractivity contribution in [2.75, 3.05) is 18.3 Å². The van der Waals surface area contributed by atoms with Crippen molar-refractivity contribution in [2.45, 2.75) is 13.3 Å². The Balaban J connectivity index is 2.36. The van der Waals surface area contributed by atoms with Crippen molar-refractivity contribution >= 4 is 29.4 Å². The van der Waals surface area contributed by atoms with Gasteiger partial charge in [-0.1, -0.05) is 6.92 Å². The molecule has 0 saturated heterocycles. The van der Waals surface area contributed by atoms with Crippen LogP contribution in [0, 0.1) is 5.41 Å². The smallest absolute Gasteiger partial charge is 0.341 e. The van der Waals surface area contributed by atoms with Crippen LogP contribution in [0.4, 0.5) is 5.69 Å². The van der Waals surface area contributed by atoms with E-state index in [1.807, 2.05) is 0 Å². The van der Waals surface area contributed by atoms with Gasteiger partial charge in [-0.3, -0.25) is 10.2 Å². The van der Waals surface area contributed by atoms with Crippen LogP contribution in [0.5, 0.6) is 17.2 Å². The van der Waals surface area contributed by atoms with Crippen molar-refractivity contribution in [3.8, 4) is 17.2 Å². The fraction of sp³-hybridized carbons (Fsp3) is 0.200. The Morgan fingerprint density at radius 2 is 1.55 bits per heavy atom. The molecule has 0 unspecified atom stereocenters. The number of hydrogen-bond acceptors (Lipinski definition) is 7. The number of nitrogens with two attached hydrogens (primary N) is 1. The number of carboxylic acid groups (broad SMARTS) is 2. The van der Waals surface area contributed by atoms with Crippen LogP contribution in [-0.4, -0.2) is 47.1 Å². The summed E-state index contributed by atoms with van der Waals surface area (Å²) in [6.45, 7) is 0.255. The van der Waals surface area contributed by atoms with Gasteiger partial charge in [-0.15, -0.1) is 5.06 Å². The normalized spacial score (nSPS) is 10.1. The van der Waals surface area contributed by atoms with Crippen molar-refractivity contribution in [1.29, 1.82) is 5.41 Å². The highest BCUT2D eigenvalue weighted by atomic mass is 16.7. The van der Waals surface area contributed by atoms with E-state index in [1.54, 1.807) is 19.1 Å². The van der Waals surface area contributed by atoms with Crippen molar-refractivity contribution < 1.29 is 38.9 Å². The number of nitrogens with one attached hydrogen (secondary N) is 1. The summed E-state index contributed by atoms with van der Waals surface area (Å²) in [5, 5.41) is 26.1. The van der Waals surface area contributed by atoms with E-state index in [0.717, 1.165) is 5.06 Å². The zero-order valence-corrected chi connectivity index (χ0v) is 16.5. The molecule has 0 spiro atoms. The quantitative estimate of drug-likeness (QED) is 0.234. The van der Waals surface area contributed by atoms with Crippen LogP contribution in [0.3, 0.4) is 0 Å². The number of benzene rings is 2. The molecule has 11 heteroatoms. The molecule has 2 rings (SSSR count). The molecule has 0 fully saturated rings. The Morgan fingerprint density at radius 1 is 0.968 bits per heavy atom. The average Bonchev–Trinajstić information content (AvgIpc) is 2.74. The van der Waals surface area contributed by atoms with Gasteiger partial charge in [0.1, 0.15) is 5.84 Å². The number of hydroxylamine groups is 1. The van der Waals surface area contributed by atoms with E-state index in [2.05, 4.69) is 0 Å². The Bertz CT molecular complexity index is 975. The minimum atomic E-state index is -1.25. The topological polar surface area (TPSA) is 172 Å². The van der Waals surface area contributed by atoms with Crippen LogP contribution in [0.1, 0.15) is 18.9 Å². The molecule has 0 bridgehead atoms. The number of amidine groups is 1. The van der Waals surface area contributed by atoms with Gasteiger partial charge in [0.05, 0.1) is 5.69 Å². The third-order valence-corrected chi connectivity index (χ3v) is 3.76. The number of hydrogen-bond donors (Lipinski definition) is 4. The fourth-order valence-electron chi connectivity index (χ4n) is 2.33. The number of ether oxygens (including phenoxy) is 2. The van der Waals surface area contributed by atoms with Crippen molar-refractivity contribution in [3.05, 3.63) is 48.0 Å². The molecular weight excluding hydrogens is 410 g/mol. The van der Waals surface area contributed by atoms with Crippen LogP contribution >= 0.6 is 0 Å². The maximum atomic E-state index is 12.5. The monoisotopic (exact) mass is 431 g/mol. The van der Waals surface area contributed by atoms with Crippen molar-refractivity contribution in [1.82, 2.24) is 0 Å². The summed E-state index contributed by atoms with van der Waals surface area (Å²) in [6.07, 6.45) is 0.0914. The largest absolute Gasteiger partial charge is 0.479 e. The fourth-order valence-corrected chi connectivity index (χ4v) is 2.33. The van der Waals surface area contributed by atoms with E-state index < -0.39 is 31.1 Å². The number of nitrogens with zero attached hydrogens (tertiary/aromatic N) is 1. The first kappa shape index (κ1) is 23.0. The number of carbonyl (C=O) groups excluding carboxylic acids is 1. The number of amides is 1. The zero-order valence-electron chi connectivity index (χ0n) is 16.5. The first-order chi connectivity index (χ1) is 14.7. The first-order valence-corrected chi connectivity index (χ1v) is 8.99. The van der Waals surface area contributed by atoms with Gasteiger partial charge in [-0.25, -0.2) is 9.59 Å². The first-order valence-electron chi connectivity index (χ1n) is 8.99. The molecule has 11 nitrogen and oxygen atoms in total. The summed E-state index contributed by atoms with van der Waals surface area (Å²) in [4.78, 5) is 39.8. The van der Waals surface area contributed by atoms with E-state index in [1.165, 1.54) is 30.3 Å². The average molecular weight is 431 g/mol. The third-order valence-electron chi connectivity index (χ3n) is 3.76. The number of rotatable bonds is 11. The molecule has 0 aliphatic rings. The van der Waals surface area contributed by atoms with Crippen LogP contribution in [0.25, 0.3) is 0 Å². The predicted molar refractivity (Wildman–Crippen MR) is 109 cm³/mol. The molecule has 1 amide bonds. The van der Waals surface area contributed by atoms with Crippen molar-refractivity contribution in [3.63, 3.8) is 0 Å². The summed E-state index contributed by atoms with van der Waals surface area (Å²) in [5.74, 6) is -2.82. The van der Waals surface area contributed by atoms with E-state index in [0.29, 0.717) is 5.56 Å². The lowest BCUT2D eigenvalue weighted by Crippen LogP contribution is -2.33. The molecule has 0 aromatic heterocycles. The Kier molecular flexibility index (Phi) is 7.78. The molecule has 0 radical (unpaired) electrons. The number of anilines is 1. The van der Waals surface area contributed by atoms with Gasteiger partial charge in [-0.2, -0.15) is 0 Å². The molecule has 0 aliphatic heterocycles. The van der Waals surface area contributed by atoms with Crippen LogP contribution < -0.4 is 25.1 Å². The number of carbonyl (C=O) groups is 3. The molecule has 0 heterocycles. The standard InChI is InChI=1S/C20H21N3O8/c1-2-17(24)23(31-14-6-3-12(4-7-14)20(21)22)13-5-8-15(29-10-18(25)26)16(9-13)30-11-19(27)28/h3-9H,2,10-11H2,1H3,(H3,21,22)(H,25,26)(H,27,28). The molecule has 0 aliphatic carbocycles. The molecule has 0 saturated carbocycles. The number of aliphatic carboxylic acids is 2. The Labute approximate surface area is 177 Å². The molecule has 164 valence electrons. The van der Waals surface area contributed by atoms with Crippen molar-refractivity contribution in [2.24, 2.45) is 5.73 Å². The number of nitrogen functional groups attached to an aromatic ring is 1. The molecule has 5 N–H and O–H groups in total. The molecule has 2 aromatic rings. The minimum Gasteiger partial charge on any atom is -0.479 e. The van der Waals surface area contributed by atoms with Gasteiger partial charge in [0.15, 0.2) is 30.5 Å². The van der Waals surface area contributed by atoms with Gasteiger partial charge in [0.2, 0.25) is 0 Å². The minimum absolute atomic E-state index is 0.0119. The highest BCUT2D eigenvalue weighted by molar-refractivity contribution is 5.95. The predicted octanol–water partition coefficient (Wildman–Crippen LogP) is 1.63. The van der Waals surface area contributed by atoms with Gasteiger partial charge < -0.3 is 30.3 Å². The van der Waals surface area contributed by atoms with Gasteiger partial charge in [0.25, 0.3) is 5.91 Å². The van der Waals surface area contributed by atoms with Crippen LogP contribution in [-0.2, 0) is 14.4 Å². The van der Waals surface area contributed by atoms with Gasteiger partial charge >= 0.3 is 11.9 Å². The lowest BCUT2D eigenvalue weighted by atomic mass is 10.2. The van der Waals surface area contributed by atoms with E-state index in [4.69, 9.17) is 35.7 Å². The van der Waals surface area contributed by atoms with Gasteiger partial charge in [-0.05, 0) is 36.4 Å². The SMILES string of the molecule is CCC(=O)N(Oc1ccc(C(=N)N)cc1)c1ccc(OCC(=O)O)c(OCC(=O)O)c1. The second-order valence-electron chi connectivity index (χ2n) is 6.07. The number of carboxylic acids is 2. The summed E-state index contributed by atoms with van der Waals surface area (Å²) >= 11 is 0. The van der Waals surface area contributed by atoms with Crippen LogP contribution in [0.2, 0.25) is 0 Å². The summed E-state index contributed by atoms with van der Waals surface area (Å²) in [5.41, 5.74) is 6.10. The second kappa shape index (κ2) is 10.5. The molecular formula is C20H21N3O8.